The van der Waals surface area contributed by atoms with Gasteiger partial charge in [-0.2, -0.15) is 15.8 Å². The molecule has 0 saturated heterocycles. The zero-order chi connectivity index (χ0) is 33.8. The Morgan fingerprint density at radius 2 is 1.18 bits per heavy atom. The molecule has 0 N–H and O–H groups in total. The van der Waals surface area contributed by atoms with Crippen molar-refractivity contribution >= 4 is 43.6 Å². The first-order chi connectivity index (χ1) is 24.7. The summed E-state index contributed by atoms with van der Waals surface area (Å²) in [6.45, 7) is 0. The quantitative estimate of drug-likeness (QED) is 0.180. The smallest absolute Gasteiger partial charge is 0.0994 e. The standard InChI is InChI=1S/C45H29N5/c46-26-29-16-20-44-39(22-29)37-11-2-4-13-41(37)49(44)34-9-7-8-31(25-34)32-18-19-35(33(24-32)28-48)36-10-1-5-14-42(36)50-43-15-6-3-12-38(43)40-23-30(27-47)17-21-45(40)50/h1-4,6-13,15-25,36,42H,5,14H2. The molecular weight excluding hydrogens is 611 g/mol. The van der Waals surface area contributed by atoms with Crippen LogP contribution in [-0.4, -0.2) is 9.13 Å². The van der Waals surface area contributed by atoms with Crippen molar-refractivity contribution in [3.63, 3.8) is 0 Å². The zero-order valence-corrected chi connectivity index (χ0v) is 27.1. The van der Waals surface area contributed by atoms with E-state index in [1.165, 1.54) is 0 Å². The van der Waals surface area contributed by atoms with E-state index in [0.717, 1.165) is 78.8 Å². The van der Waals surface area contributed by atoms with Crippen LogP contribution in [0.4, 0.5) is 0 Å². The second kappa shape index (κ2) is 11.7. The van der Waals surface area contributed by atoms with Gasteiger partial charge in [0.2, 0.25) is 0 Å². The van der Waals surface area contributed by atoms with Gasteiger partial charge in [0.05, 0.1) is 45.9 Å². The Labute approximate surface area is 289 Å². The number of nitrogens with zero attached hydrogens (tertiary/aromatic N) is 5. The van der Waals surface area contributed by atoms with Gasteiger partial charge in [0, 0.05) is 50.2 Å². The number of fused-ring (bicyclic) bond motifs is 6. The number of nitriles is 3. The lowest BCUT2D eigenvalue weighted by Gasteiger charge is -2.31. The molecule has 5 heteroatoms. The first-order valence-electron chi connectivity index (χ1n) is 16.8. The molecule has 234 valence electrons. The third-order valence-electron chi connectivity index (χ3n) is 10.3. The van der Waals surface area contributed by atoms with Crippen LogP contribution in [0.25, 0.3) is 60.4 Å². The lowest BCUT2D eigenvalue weighted by molar-refractivity contribution is 0.436. The van der Waals surface area contributed by atoms with Crippen LogP contribution in [0, 0.1) is 34.0 Å². The maximum Gasteiger partial charge on any atom is 0.0994 e. The third-order valence-corrected chi connectivity index (χ3v) is 10.3. The molecule has 0 bridgehead atoms. The van der Waals surface area contributed by atoms with E-state index in [1.807, 2.05) is 48.5 Å². The van der Waals surface area contributed by atoms with Gasteiger partial charge in [-0.3, -0.25) is 0 Å². The summed E-state index contributed by atoms with van der Waals surface area (Å²) >= 11 is 0. The molecule has 6 aromatic carbocycles. The normalized spacial score (nSPS) is 15.7. The van der Waals surface area contributed by atoms with Crippen LogP contribution in [0.15, 0.2) is 140 Å². The second-order valence-corrected chi connectivity index (χ2v) is 13.0. The van der Waals surface area contributed by atoms with Crippen molar-refractivity contribution in [3.8, 4) is 35.0 Å². The molecule has 1 aliphatic rings. The summed E-state index contributed by atoms with van der Waals surface area (Å²) in [6, 6.07) is 50.5. The van der Waals surface area contributed by atoms with Crippen molar-refractivity contribution in [2.24, 2.45) is 0 Å². The molecule has 0 spiro atoms. The molecule has 0 aliphatic heterocycles. The summed E-state index contributed by atoms with van der Waals surface area (Å²) < 4.78 is 4.68. The fourth-order valence-electron chi connectivity index (χ4n) is 8.12. The number of aromatic nitrogens is 2. The van der Waals surface area contributed by atoms with Crippen molar-refractivity contribution < 1.29 is 0 Å². The lowest BCUT2D eigenvalue weighted by atomic mass is 9.81. The van der Waals surface area contributed by atoms with Gasteiger partial charge in [-0.25, -0.2) is 0 Å². The molecule has 1 aliphatic carbocycles. The summed E-state index contributed by atoms with van der Waals surface area (Å²) in [5.41, 5.74) is 10.4. The van der Waals surface area contributed by atoms with Crippen molar-refractivity contribution in [2.45, 2.75) is 24.8 Å². The first-order valence-corrected chi connectivity index (χ1v) is 16.8. The number of benzene rings is 6. The number of hydrogen-bond donors (Lipinski definition) is 0. The van der Waals surface area contributed by atoms with E-state index < -0.39 is 0 Å². The topological polar surface area (TPSA) is 81.2 Å². The molecule has 9 rings (SSSR count). The molecular formula is C45H29N5. The van der Waals surface area contributed by atoms with Gasteiger partial charge >= 0.3 is 0 Å². The molecule has 5 nitrogen and oxygen atoms in total. The van der Waals surface area contributed by atoms with Crippen LogP contribution in [0.1, 0.15) is 47.1 Å². The van der Waals surface area contributed by atoms with Crippen LogP contribution in [0.5, 0.6) is 0 Å². The van der Waals surface area contributed by atoms with Gasteiger partial charge in [0.25, 0.3) is 0 Å². The van der Waals surface area contributed by atoms with Crippen LogP contribution >= 0.6 is 0 Å². The highest BCUT2D eigenvalue weighted by molar-refractivity contribution is 6.10. The van der Waals surface area contributed by atoms with Crippen LogP contribution in [0.2, 0.25) is 0 Å². The van der Waals surface area contributed by atoms with Crippen molar-refractivity contribution in [1.82, 2.24) is 9.13 Å². The monoisotopic (exact) mass is 639 g/mol. The lowest BCUT2D eigenvalue weighted by Crippen LogP contribution is -2.20. The van der Waals surface area contributed by atoms with Gasteiger partial charge in [-0.1, -0.05) is 72.8 Å². The third kappa shape index (κ3) is 4.51. The largest absolute Gasteiger partial charge is 0.336 e. The predicted octanol–water partition coefficient (Wildman–Crippen LogP) is 10.8. The van der Waals surface area contributed by atoms with Gasteiger partial charge < -0.3 is 9.13 Å². The molecule has 2 heterocycles. The van der Waals surface area contributed by atoms with E-state index in [9.17, 15) is 15.8 Å². The minimum Gasteiger partial charge on any atom is -0.336 e. The fourth-order valence-corrected chi connectivity index (χ4v) is 8.12. The maximum absolute atomic E-state index is 10.6. The molecule has 0 saturated carbocycles. The van der Waals surface area contributed by atoms with Crippen molar-refractivity contribution in [3.05, 3.63) is 162 Å². The SMILES string of the molecule is N#Cc1ccc2c(c1)c1ccccc1n2-c1cccc(-c2ccc(C3C=CCCC3n3c4ccccc4c4cc(C#N)ccc43)c(C#N)c2)c1. The maximum atomic E-state index is 10.6. The Balaban J connectivity index is 1.14. The molecule has 8 aromatic rings. The van der Waals surface area contributed by atoms with Gasteiger partial charge in [0.15, 0.2) is 0 Å². The summed E-state index contributed by atoms with van der Waals surface area (Å²) in [5, 5.41) is 34.2. The number of hydrogen-bond acceptors (Lipinski definition) is 3. The van der Waals surface area contributed by atoms with E-state index >= 15 is 0 Å². The highest BCUT2D eigenvalue weighted by Gasteiger charge is 2.29. The summed E-state index contributed by atoms with van der Waals surface area (Å²) in [6.07, 6.45) is 6.42. The summed E-state index contributed by atoms with van der Waals surface area (Å²) in [7, 11) is 0. The highest BCUT2D eigenvalue weighted by Crippen LogP contribution is 2.44. The molecule has 2 aromatic heterocycles. The number of allylic oxidation sites excluding steroid dienone is 2. The molecule has 50 heavy (non-hydrogen) atoms. The number of para-hydroxylation sites is 2. The fraction of sp³-hybridized carbons (Fsp3) is 0.0889. The van der Waals surface area contributed by atoms with Gasteiger partial charge in [-0.05, 0) is 96.3 Å². The second-order valence-electron chi connectivity index (χ2n) is 13.0. The van der Waals surface area contributed by atoms with E-state index in [0.29, 0.717) is 16.7 Å². The predicted molar refractivity (Wildman–Crippen MR) is 200 cm³/mol. The summed E-state index contributed by atoms with van der Waals surface area (Å²) in [5.74, 6) is 0.00402. The Bertz CT molecular complexity index is 2830. The van der Waals surface area contributed by atoms with Crippen LogP contribution < -0.4 is 0 Å². The van der Waals surface area contributed by atoms with Crippen molar-refractivity contribution in [2.75, 3.05) is 0 Å². The Morgan fingerprint density at radius 1 is 0.540 bits per heavy atom. The molecule has 0 amide bonds. The highest BCUT2D eigenvalue weighted by atomic mass is 15.0. The van der Waals surface area contributed by atoms with Gasteiger partial charge in [-0.15, -0.1) is 0 Å². The average molecular weight is 640 g/mol. The Kier molecular flexibility index (Phi) is 6.84. The van der Waals surface area contributed by atoms with E-state index in [-0.39, 0.29) is 12.0 Å². The Morgan fingerprint density at radius 3 is 1.94 bits per heavy atom. The van der Waals surface area contributed by atoms with E-state index in [1.54, 1.807) is 0 Å². The van der Waals surface area contributed by atoms with Crippen molar-refractivity contribution in [1.29, 1.82) is 15.8 Å². The first kappa shape index (κ1) is 29.3. The molecule has 0 fully saturated rings. The minimum atomic E-state index is 0.00402. The van der Waals surface area contributed by atoms with Crippen LogP contribution in [-0.2, 0) is 0 Å². The number of rotatable bonds is 4. The van der Waals surface area contributed by atoms with E-state index in [2.05, 4.69) is 118 Å². The average Bonchev–Trinajstić information content (AvgIpc) is 3.69. The Hall–Kier alpha value is -6.87. The molecule has 0 radical (unpaired) electrons. The minimum absolute atomic E-state index is 0.00402. The van der Waals surface area contributed by atoms with Crippen LogP contribution in [0.3, 0.4) is 0 Å². The molecule has 2 unspecified atom stereocenters. The van der Waals surface area contributed by atoms with Gasteiger partial charge in [0.1, 0.15) is 0 Å². The summed E-state index contributed by atoms with van der Waals surface area (Å²) in [4.78, 5) is 0. The van der Waals surface area contributed by atoms with E-state index in [4.69, 9.17) is 0 Å². The molecule has 2 atom stereocenters. The zero-order valence-electron chi connectivity index (χ0n) is 27.1.